The lowest BCUT2D eigenvalue weighted by atomic mass is 10.1. The van der Waals surface area contributed by atoms with E-state index in [1.54, 1.807) is 42.7 Å². The second-order valence-electron chi connectivity index (χ2n) is 6.67. The van der Waals surface area contributed by atoms with Crippen LogP contribution in [0.2, 0.25) is 0 Å². The number of sulfonamides is 1. The Bertz CT molecular complexity index is 895. The third-order valence-electron chi connectivity index (χ3n) is 5.06. The summed E-state index contributed by atoms with van der Waals surface area (Å²) < 4.78 is 39.0. The Morgan fingerprint density at radius 2 is 1.93 bits per heavy atom. The second-order valence-corrected chi connectivity index (χ2v) is 9.57. The summed E-state index contributed by atoms with van der Waals surface area (Å²) in [5, 5.41) is 0.913. The molecule has 0 bridgehead atoms. The lowest BCUT2D eigenvalue weighted by Crippen LogP contribution is -2.45. The van der Waals surface area contributed by atoms with E-state index in [0.717, 1.165) is 28.8 Å². The molecule has 0 spiro atoms. The van der Waals surface area contributed by atoms with Gasteiger partial charge in [-0.3, -0.25) is 0 Å². The van der Waals surface area contributed by atoms with Crippen LogP contribution in [-0.4, -0.2) is 57.2 Å². The molecule has 2 atom stereocenters. The van der Waals surface area contributed by atoms with E-state index in [1.165, 1.54) is 4.31 Å². The normalized spacial score (nSPS) is 24.0. The number of benzene rings is 1. The Morgan fingerprint density at radius 1 is 1.22 bits per heavy atom. The van der Waals surface area contributed by atoms with Gasteiger partial charge in [0.2, 0.25) is 10.0 Å². The number of fused-ring (bicyclic) bond motifs is 1. The quantitative estimate of drug-likeness (QED) is 0.771. The average Bonchev–Trinajstić information content (AvgIpc) is 3.13. The molecular weight excluding hydrogens is 386 g/mol. The van der Waals surface area contributed by atoms with Crippen LogP contribution in [0.4, 0.5) is 5.13 Å². The molecule has 0 aliphatic carbocycles. The number of thiazole rings is 1. The standard InChI is InChI=1S/C18H23N3O4S2/c1-13-16(24-2)17-15(19-18(26-17)20-8-10-25-11-9-20)12-21(13)27(22,23)14-6-4-3-5-7-14/h3-7,13,16H,8-12H2,1-2H3/t13-,16+/m0/s1. The zero-order valence-electron chi connectivity index (χ0n) is 15.4. The molecule has 2 aromatic rings. The molecule has 27 heavy (non-hydrogen) atoms. The molecule has 1 fully saturated rings. The summed E-state index contributed by atoms with van der Waals surface area (Å²) in [5.74, 6) is 0. The molecule has 0 unspecified atom stereocenters. The van der Waals surface area contributed by atoms with Crippen LogP contribution in [0.15, 0.2) is 35.2 Å². The number of ether oxygens (including phenoxy) is 2. The minimum Gasteiger partial charge on any atom is -0.378 e. The summed E-state index contributed by atoms with van der Waals surface area (Å²) in [4.78, 5) is 8.27. The summed E-state index contributed by atoms with van der Waals surface area (Å²) in [6.07, 6.45) is -0.334. The van der Waals surface area contributed by atoms with Crippen molar-refractivity contribution in [1.29, 1.82) is 0 Å². The van der Waals surface area contributed by atoms with E-state index in [1.807, 2.05) is 13.0 Å². The maximum Gasteiger partial charge on any atom is 0.243 e. The molecule has 1 saturated heterocycles. The van der Waals surface area contributed by atoms with E-state index in [4.69, 9.17) is 14.5 Å². The van der Waals surface area contributed by atoms with Crippen LogP contribution in [0, 0.1) is 0 Å². The molecule has 146 valence electrons. The van der Waals surface area contributed by atoms with Crippen molar-refractivity contribution >= 4 is 26.5 Å². The Labute approximate surface area is 163 Å². The first kappa shape index (κ1) is 18.8. The van der Waals surface area contributed by atoms with Gasteiger partial charge in [0.05, 0.1) is 41.3 Å². The summed E-state index contributed by atoms with van der Waals surface area (Å²) in [6, 6.07) is 8.22. The van der Waals surface area contributed by atoms with Crippen LogP contribution in [0.25, 0.3) is 0 Å². The number of morpholine rings is 1. The lowest BCUT2D eigenvalue weighted by Gasteiger charge is -2.36. The molecule has 4 rings (SSSR count). The third kappa shape index (κ3) is 3.38. The van der Waals surface area contributed by atoms with Gasteiger partial charge in [0.1, 0.15) is 6.10 Å². The highest BCUT2D eigenvalue weighted by Crippen LogP contribution is 2.42. The Kier molecular flexibility index (Phi) is 5.21. The molecule has 2 aliphatic rings. The molecule has 3 heterocycles. The van der Waals surface area contributed by atoms with Crippen molar-refractivity contribution in [3.8, 4) is 0 Å². The van der Waals surface area contributed by atoms with E-state index < -0.39 is 10.0 Å². The predicted octanol–water partition coefficient (Wildman–Crippen LogP) is 2.26. The van der Waals surface area contributed by atoms with Crippen molar-refractivity contribution in [2.45, 2.75) is 30.5 Å². The van der Waals surface area contributed by atoms with Gasteiger partial charge in [0.25, 0.3) is 0 Å². The Balaban J connectivity index is 1.69. The van der Waals surface area contributed by atoms with Crippen molar-refractivity contribution < 1.29 is 17.9 Å². The van der Waals surface area contributed by atoms with E-state index >= 15 is 0 Å². The average molecular weight is 410 g/mol. The predicted molar refractivity (Wildman–Crippen MR) is 104 cm³/mol. The molecule has 0 amide bonds. The summed E-state index contributed by atoms with van der Waals surface area (Å²) in [7, 11) is -2.01. The first-order chi connectivity index (χ1) is 13.0. The van der Waals surface area contributed by atoms with E-state index in [9.17, 15) is 8.42 Å². The monoisotopic (exact) mass is 409 g/mol. The second kappa shape index (κ2) is 7.48. The third-order valence-corrected chi connectivity index (χ3v) is 8.22. The number of anilines is 1. The zero-order chi connectivity index (χ0) is 19.0. The molecule has 1 aromatic heterocycles. The molecule has 0 saturated carbocycles. The van der Waals surface area contributed by atoms with Crippen molar-refractivity contribution in [3.63, 3.8) is 0 Å². The van der Waals surface area contributed by atoms with Gasteiger partial charge in [-0.15, -0.1) is 0 Å². The maximum atomic E-state index is 13.2. The first-order valence-electron chi connectivity index (χ1n) is 8.94. The highest BCUT2D eigenvalue weighted by atomic mass is 32.2. The largest absolute Gasteiger partial charge is 0.378 e. The SMILES string of the molecule is CO[C@H]1c2sc(N3CCOCC3)nc2CN(S(=O)(=O)c2ccccc2)[C@H]1C. The number of methoxy groups -OCH3 is 1. The first-order valence-corrected chi connectivity index (χ1v) is 11.2. The number of hydrogen-bond acceptors (Lipinski definition) is 7. The number of rotatable bonds is 4. The summed E-state index contributed by atoms with van der Waals surface area (Å²) >= 11 is 1.60. The van der Waals surface area contributed by atoms with Crippen LogP contribution >= 0.6 is 11.3 Å². The van der Waals surface area contributed by atoms with Crippen LogP contribution in [0.3, 0.4) is 0 Å². The fraction of sp³-hybridized carbons (Fsp3) is 0.500. The fourth-order valence-electron chi connectivity index (χ4n) is 3.57. The smallest absolute Gasteiger partial charge is 0.243 e. The summed E-state index contributed by atoms with van der Waals surface area (Å²) in [5.41, 5.74) is 0.783. The van der Waals surface area contributed by atoms with Crippen LogP contribution in [-0.2, 0) is 26.0 Å². The minimum absolute atomic E-state index is 0.258. The van der Waals surface area contributed by atoms with Crippen molar-refractivity contribution in [2.24, 2.45) is 0 Å². The molecular formula is C18H23N3O4S2. The molecule has 0 N–H and O–H groups in total. The molecule has 9 heteroatoms. The maximum absolute atomic E-state index is 13.2. The summed E-state index contributed by atoms with van der Waals surface area (Å²) in [6.45, 7) is 5.11. The van der Waals surface area contributed by atoms with Gasteiger partial charge in [-0.25, -0.2) is 13.4 Å². The van der Waals surface area contributed by atoms with Gasteiger partial charge in [0.15, 0.2) is 5.13 Å². The van der Waals surface area contributed by atoms with Crippen LogP contribution in [0.5, 0.6) is 0 Å². The lowest BCUT2D eigenvalue weighted by molar-refractivity contribution is 0.0377. The molecule has 7 nitrogen and oxygen atoms in total. The molecule has 0 radical (unpaired) electrons. The highest BCUT2D eigenvalue weighted by Gasteiger charge is 2.42. The van der Waals surface area contributed by atoms with Gasteiger partial charge in [-0.1, -0.05) is 29.5 Å². The van der Waals surface area contributed by atoms with Crippen LogP contribution < -0.4 is 4.90 Å². The molecule has 2 aliphatic heterocycles. The minimum atomic E-state index is -3.63. The number of nitrogens with zero attached hydrogens (tertiary/aromatic N) is 3. The van der Waals surface area contributed by atoms with Gasteiger partial charge in [-0.2, -0.15) is 4.31 Å². The van der Waals surface area contributed by atoms with E-state index in [-0.39, 0.29) is 18.7 Å². The van der Waals surface area contributed by atoms with Crippen molar-refractivity contribution in [1.82, 2.24) is 9.29 Å². The fourth-order valence-corrected chi connectivity index (χ4v) is 6.49. The topological polar surface area (TPSA) is 72.0 Å². The van der Waals surface area contributed by atoms with Gasteiger partial charge in [0, 0.05) is 20.2 Å². The highest BCUT2D eigenvalue weighted by molar-refractivity contribution is 7.89. The number of aromatic nitrogens is 1. The van der Waals surface area contributed by atoms with Gasteiger partial charge >= 0.3 is 0 Å². The van der Waals surface area contributed by atoms with E-state index in [2.05, 4.69) is 4.90 Å². The Hall–Kier alpha value is -1.52. The van der Waals surface area contributed by atoms with Gasteiger partial charge < -0.3 is 14.4 Å². The van der Waals surface area contributed by atoms with Gasteiger partial charge in [-0.05, 0) is 19.1 Å². The molecule has 1 aromatic carbocycles. The van der Waals surface area contributed by atoms with Crippen molar-refractivity contribution in [2.75, 3.05) is 38.3 Å². The number of hydrogen-bond donors (Lipinski definition) is 0. The van der Waals surface area contributed by atoms with E-state index in [0.29, 0.717) is 18.1 Å². The zero-order valence-corrected chi connectivity index (χ0v) is 17.0. The van der Waals surface area contributed by atoms with Crippen LogP contribution in [0.1, 0.15) is 23.6 Å². The van der Waals surface area contributed by atoms with Crippen molar-refractivity contribution in [3.05, 3.63) is 40.9 Å². The Morgan fingerprint density at radius 3 is 2.59 bits per heavy atom.